The number of aromatic nitrogens is 1. The molecule has 17 heavy (non-hydrogen) atoms. The number of halogens is 1. The van der Waals surface area contributed by atoms with E-state index in [0.717, 1.165) is 18.1 Å². The van der Waals surface area contributed by atoms with Gasteiger partial charge in [0.25, 0.3) is 0 Å². The van der Waals surface area contributed by atoms with Gasteiger partial charge >= 0.3 is 0 Å². The van der Waals surface area contributed by atoms with Crippen LogP contribution in [-0.2, 0) is 0 Å². The molecule has 0 aliphatic carbocycles. The highest BCUT2D eigenvalue weighted by Gasteiger charge is 2.14. The van der Waals surface area contributed by atoms with Crippen LogP contribution >= 0.6 is 22.9 Å². The van der Waals surface area contributed by atoms with Crippen LogP contribution in [0, 0.1) is 17.2 Å². The van der Waals surface area contributed by atoms with Gasteiger partial charge in [0.2, 0.25) is 0 Å². The van der Waals surface area contributed by atoms with E-state index in [-0.39, 0.29) is 11.2 Å². The molecule has 6 heteroatoms. The van der Waals surface area contributed by atoms with Crippen molar-refractivity contribution < 1.29 is 0 Å². The fourth-order valence-corrected chi connectivity index (χ4v) is 2.33. The van der Waals surface area contributed by atoms with Gasteiger partial charge in [-0.1, -0.05) is 36.8 Å². The van der Waals surface area contributed by atoms with E-state index < -0.39 is 0 Å². The van der Waals surface area contributed by atoms with Crippen LogP contribution in [0.15, 0.2) is 0 Å². The first-order chi connectivity index (χ1) is 7.95. The van der Waals surface area contributed by atoms with Crippen molar-refractivity contribution in [3.63, 3.8) is 0 Å². The van der Waals surface area contributed by atoms with Crippen LogP contribution in [0.4, 0.5) is 5.13 Å². The molecular weight excluding hydrogens is 256 g/mol. The Hall–Kier alpha value is -0.830. The maximum atomic E-state index is 8.80. The summed E-state index contributed by atoms with van der Waals surface area (Å²) in [6.45, 7) is 5.03. The summed E-state index contributed by atoms with van der Waals surface area (Å²) in [5.74, 6) is 0.470. The van der Waals surface area contributed by atoms with Crippen molar-refractivity contribution in [3.8, 4) is 6.07 Å². The Kier molecular flexibility index (Phi) is 5.19. The smallest absolute Gasteiger partial charge is 0.187 e. The summed E-state index contributed by atoms with van der Waals surface area (Å²) < 4.78 is 0. The monoisotopic (exact) mass is 272 g/mol. The summed E-state index contributed by atoms with van der Waals surface area (Å²) in [5.41, 5.74) is 5.98. The van der Waals surface area contributed by atoms with Crippen LogP contribution in [0.3, 0.4) is 0 Å². The highest BCUT2D eigenvalue weighted by molar-refractivity contribution is 7.16. The maximum absolute atomic E-state index is 8.80. The van der Waals surface area contributed by atoms with Crippen molar-refractivity contribution >= 4 is 28.1 Å². The molecule has 1 aromatic rings. The van der Waals surface area contributed by atoms with Crippen LogP contribution in [-0.4, -0.2) is 24.6 Å². The van der Waals surface area contributed by atoms with Crippen molar-refractivity contribution in [1.29, 1.82) is 5.26 Å². The van der Waals surface area contributed by atoms with Crippen molar-refractivity contribution in [2.24, 2.45) is 11.7 Å². The summed E-state index contributed by atoms with van der Waals surface area (Å²) in [4.78, 5) is 6.60. The minimum atomic E-state index is 0.184. The molecule has 0 aliphatic rings. The van der Waals surface area contributed by atoms with Gasteiger partial charge in [-0.3, -0.25) is 0 Å². The molecule has 0 aliphatic heterocycles. The molecule has 0 bridgehead atoms. The summed E-state index contributed by atoms with van der Waals surface area (Å²) in [5, 5.41) is 9.85. The van der Waals surface area contributed by atoms with Gasteiger partial charge < -0.3 is 10.6 Å². The molecule has 0 radical (unpaired) electrons. The first kappa shape index (κ1) is 14.2. The number of nitrogens with zero attached hydrogens (tertiary/aromatic N) is 3. The molecule has 1 heterocycles. The second-order valence-corrected chi connectivity index (χ2v) is 5.68. The van der Waals surface area contributed by atoms with Gasteiger partial charge in [0, 0.05) is 19.6 Å². The first-order valence-corrected chi connectivity index (χ1v) is 6.68. The zero-order valence-electron chi connectivity index (χ0n) is 10.3. The molecule has 1 aromatic heterocycles. The van der Waals surface area contributed by atoms with Crippen LogP contribution in [0.5, 0.6) is 0 Å². The SMILES string of the molecule is CC(C)C(N)CCN(C)c1nc(Cl)c(C#N)s1. The van der Waals surface area contributed by atoms with Crippen molar-refractivity contribution in [1.82, 2.24) is 4.98 Å². The van der Waals surface area contributed by atoms with Gasteiger partial charge in [-0.15, -0.1) is 0 Å². The first-order valence-electron chi connectivity index (χ1n) is 5.48. The Bertz CT molecular complexity index is 410. The van der Waals surface area contributed by atoms with Gasteiger partial charge in [-0.05, 0) is 12.3 Å². The van der Waals surface area contributed by atoms with Crippen LogP contribution < -0.4 is 10.6 Å². The summed E-state index contributed by atoms with van der Waals surface area (Å²) in [6.07, 6.45) is 0.896. The van der Waals surface area contributed by atoms with Crippen molar-refractivity contribution in [3.05, 3.63) is 10.0 Å². The van der Waals surface area contributed by atoms with Crippen LogP contribution in [0.1, 0.15) is 25.1 Å². The lowest BCUT2D eigenvalue weighted by Gasteiger charge is -2.20. The quantitative estimate of drug-likeness (QED) is 0.894. The summed E-state index contributed by atoms with van der Waals surface area (Å²) in [7, 11) is 1.93. The molecule has 0 spiro atoms. The average molecular weight is 273 g/mol. The Balaban J connectivity index is 2.58. The third kappa shape index (κ3) is 3.84. The van der Waals surface area contributed by atoms with Crippen LogP contribution in [0.25, 0.3) is 0 Å². The molecule has 1 rings (SSSR count). The lowest BCUT2D eigenvalue weighted by Crippen LogP contribution is -2.31. The fourth-order valence-electron chi connectivity index (χ4n) is 1.29. The molecule has 0 aromatic carbocycles. The molecule has 0 amide bonds. The molecule has 0 fully saturated rings. The number of hydrogen-bond acceptors (Lipinski definition) is 5. The lowest BCUT2D eigenvalue weighted by atomic mass is 10.0. The number of thiazole rings is 1. The van der Waals surface area contributed by atoms with Crippen LogP contribution in [0.2, 0.25) is 5.15 Å². The van der Waals surface area contributed by atoms with E-state index in [9.17, 15) is 0 Å². The standard InChI is InChI=1S/C11H17ClN4S/c1-7(2)8(14)4-5-16(3)11-15-10(12)9(6-13)17-11/h7-8H,4-5,14H2,1-3H3. The highest BCUT2D eigenvalue weighted by Crippen LogP contribution is 2.28. The molecule has 94 valence electrons. The average Bonchev–Trinajstić information content (AvgIpc) is 2.66. The topological polar surface area (TPSA) is 65.9 Å². The Morgan fingerprint density at radius 3 is 2.71 bits per heavy atom. The van der Waals surface area contributed by atoms with E-state index in [4.69, 9.17) is 22.6 Å². The number of anilines is 1. The Labute approximate surface area is 111 Å². The number of nitriles is 1. The van der Waals surface area contributed by atoms with Gasteiger partial charge in [-0.25, -0.2) is 4.98 Å². The van der Waals surface area contributed by atoms with Crippen molar-refractivity contribution in [2.75, 3.05) is 18.5 Å². The van der Waals surface area contributed by atoms with E-state index in [2.05, 4.69) is 18.8 Å². The Morgan fingerprint density at radius 2 is 2.24 bits per heavy atom. The number of rotatable bonds is 5. The van der Waals surface area contributed by atoms with E-state index in [1.54, 1.807) is 0 Å². The minimum absolute atomic E-state index is 0.184. The van der Waals surface area contributed by atoms with E-state index in [1.165, 1.54) is 11.3 Å². The zero-order valence-corrected chi connectivity index (χ0v) is 11.8. The molecule has 4 nitrogen and oxygen atoms in total. The molecule has 1 unspecified atom stereocenters. The van der Waals surface area contributed by atoms with Gasteiger partial charge in [0.05, 0.1) is 0 Å². The number of hydrogen-bond donors (Lipinski definition) is 1. The predicted octanol–water partition coefficient (Wildman–Crippen LogP) is 2.48. The largest absolute Gasteiger partial charge is 0.351 e. The lowest BCUT2D eigenvalue weighted by molar-refractivity contribution is 0.466. The third-order valence-electron chi connectivity index (χ3n) is 2.66. The van der Waals surface area contributed by atoms with Gasteiger partial charge in [0.15, 0.2) is 10.3 Å². The number of nitrogens with two attached hydrogens (primary N) is 1. The maximum Gasteiger partial charge on any atom is 0.187 e. The van der Waals surface area contributed by atoms with E-state index >= 15 is 0 Å². The van der Waals surface area contributed by atoms with Crippen molar-refractivity contribution in [2.45, 2.75) is 26.3 Å². The summed E-state index contributed by atoms with van der Waals surface area (Å²) >= 11 is 7.14. The van der Waals surface area contributed by atoms with E-state index in [1.807, 2.05) is 18.0 Å². The molecular formula is C11H17ClN4S. The molecule has 0 saturated heterocycles. The minimum Gasteiger partial charge on any atom is -0.351 e. The normalized spacial score (nSPS) is 12.5. The van der Waals surface area contributed by atoms with Gasteiger partial charge in [0.1, 0.15) is 10.9 Å². The molecule has 1 atom stereocenters. The third-order valence-corrected chi connectivity index (χ3v) is 4.12. The zero-order chi connectivity index (χ0) is 13.0. The second kappa shape index (κ2) is 6.20. The fraction of sp³-hybridized carbons (Fsp3) is 0.636. The second-order valence-electron chi connectivity index (χ2n) is 4.35. The highest BCUT2D eigenvalue weighted by atomic mass is 35.5. The molecule has 0 saturated carbocycles. The van der Waals surface area contributed by atoms with E-state index in [0.29, 0.717) is 10.8 Å². The Morgan fingerprint density at radius 1 is 1.59 bits per heavy atom. The summed E-state index contributed by atoms with van der Waals surface area (Å²) in [6, 6.07) is 2.21. The molecule has 2 N–H and O–H groups in total. The van der Waals surface area contributed by atoms with Gasteiger partial charge in [-0.2, -0.15) is 5.26 Å². The predicted molar refractivity (Wildman–Crippen MR) is 72.5 cm³/mol.